The smallest absolute Gasteiger partial charge is 0.264 e. The summed E-state index contributed by atoms with van der Waals surface area (Å²) in [6.07, 6.45) is 2.91. The fraction of sp³-hybridized carbons (Fsp3) is 0.429. The molecule has 3 rings (SSSR count). The van der Waals surface area contributed by atoms with Crippen LogP contribution in [-0.2, 0) is 23.1 Å². The van der Waals surface area contributed by atoms with Gasteiger partial charge in [0.2, 0.25) is 0 Å². The summed E-state index contributed by atoms with van der Waals surface area (Å²) in [6, 6.07) is 4.39. The molecule has 0 saturated heterocycles. The Morgan fingerprint density at radius 3 is 2.64 bits per heavy atom. The van der Waals surface area contributed by atoms with Gasteiger partial charge in [0.1, 0.15) is 5.82 Å². The van der Waals surface area contributed by atoms with Crippen LogP contribution in [0.25, 0.3) is 10.9 Å². The zero-order chi connectivity index (χ0) is 16.1. The van der Waals surface area contributed by atoms with Crippen molar-refractivity contribution in [1.82, 2.24) is 9.55 Å². The zero-order valence-electron chi connectivity index (χ0n) is 12.0. The van der Waals surface area contributed by atoms with E-state index < -0.39 is 27.7 Å². The minimum absolute atomic E-state index is 0.0757. The van der Waals surface area contributed by atoms with Crippen LogP contribution in [0, 0.1) is 0 Å². The molecular weight excluding hydrogens is 309 g/mol. The predicted octanol–water partition coefficient (Wildman–Crippen LogP) is 0.761. The van der Waals surface area contributed by atoms with Crippen molar-refractivity contribution in [3.63, 3.8) is 0 Å². The Bertz CT molecular complexity index is 917. The number of rotatable bonds is 4. The second-order valence-electron chi connectivity index (χ2n) is 5.84. The van der Waals surface area contributed by atoms with E-state index in [2.05, 4.69) is 4.98 Å². The average Bonchev–Trinajstić information content (AvgIpc) is 3.15. The Morgan fingerprint density at radius 1 is 1.41 bits per heavy atom. The number of hydrogen-bond donors (Lipinski definition) is 1. The van der Waals surface area contributed by atoms with Crippen molar-refractivity contribution in [3.05, 3.63) is 34.4 Å². The Hall–Kier alpha value is -1.80. The first-order valence-electron chi connectivity index (χ1n) is 6.82. The van der Waals surface area contributed by atoms with Gasteiger partial charge in [0.25, 0.3) is 5.56 Å². The second kappa shape index (κ2) is 4.85. The van der Waals surface area contributed by atoms with Gasteiger partial charge in [-0.1, -0.05) is 6.07 Å². The minimum Gasteiger partial charge on any atom is -0.325 e. The van der Waals surface area contributed by atoms with Crippen LogP contribution in [-0.4, -0.2) is 29.8 Å². The molecule has 0 spiro atoms. The normalized spacial score (nSPS) is 16.9. The fourth-order valence-corrected chi connectivity index (χ4v) is 3.39. The van der Waals surface area contributed by atoms with Crippen molar-refractivity contribution >= 4 is 20.7 Å². The first-order valence-corrected chi connectivity index (χ1v) is 8.72. The highest BCUT2D eigenvalue weighted by molar-refractivity contribution is 7.91. The third kappa shape index (κ3) is 2.52. The highest BCUT2D eigenvalue weighted by atomic mass is 32.2. The molecule has 1 aromatic heterocycles. The predicted molar refractivity (Wildman–Crippen MR) is 80.1 cm³/mol. The molecule has 1 aliphatic rings. The molecule has 0 radical (unpaired) electrons. The number of nitrogens with two attached hydrogens (primary N) is 1. The third-order valence-electron chi connectivity index (χ3n) is 3.95. The summed E-state index contributed by atoms with van der Waals surface area (Å²) < 4.78 is 37.9. The summed E-state index contributed by atoms with van der Waals surface area (Å²) in [7, 11) is -3.61. The summed E-state index contributed by atoms with van der Waals surface area (Å²) in [6.45, 7) is -1.06. The summed E-state index contributed by atoms with van der Waals surface area (Å²) in [5, 5.41) is -0.0757. The van der Waals surface area contributed by atoms with Gasteiger partial charge in [-0.2, -0.15) is 0 Å². The number of sulfone groups is 1. The quantitative estimate of drug-likeness (QED) is 0.895. The van der Waals surface area contributed by atoms with Crippen molar-refractivity contribution in [2.75, 3.05) is 6.26 Å². The lowest BCUT2D eigenvalue weighted by atomic mass is 10.1. The number of hydrogen-bond acceptors (Lipinski definition) is 5. The van der Waals surface area contributed by atoms with Crippen LogP contribution in [0.5, 0.6) is 0 Å². The molecular formula is C14H16FN3O3S. The molecule has 2 N–H and O–H groups in total. The Labute approximate surface area is 126 Å². The largest absolute Gasteiger partial charge is 0.325 e. The zero-order valence-corrected chi connectivity index (χ0v) is 12.9. The lowest BCUT2D eigenvalue weighted by molar-refractivity contribution is 0.354. The molecule has 118 valence electrons. The van der Waals surface area contributed by atoms with E-state index in [-0.39, 0.29) is 21.6 Å². The number of halogens is 1. The maximum absolute atomic E-state index is 13.3. The van der Waals surface area contributed by atoms with Crippen molar-refractivity contribution in [3.8, 4) is 0 Å². The maximum atomic E-state index is 13.3. The minimum atomic E-state index is -3.61. The lowest BCUT2D eigenvalue weighted by Gasteiger charge is -2.14. The SMILES string of the molecule is CS(=O)(=O)c1cccc2nc(CC3(N)CC3)n(CF)c(=O)c12. The summed E-state index contributed by atoms with van der Waals surface area (Å²) >= 11 is 0. The van der Waals surface area contributed by atoms with E-state index in [0.29, 0.717) is 6.42 Å². The second-order valence-corrected chi connectivity index (χ2v) is 7.83. The van der Waals surface area contributed by atoms with Crippen LogP contribution in [0.4, 0.5) is 4.39 Å². The average molecular weight is 325 g/mol. The van der Waals surface area contributed by atoms with Crippen molar-refractivity contribution in [2.24, 2.45) is 5.73 Å². The Kier molecular flexibility index (Phi) is 3.33. The topological polar surface area (TPSA) is 95.0 Å². The summed E-state index contributed by atoms with van der Waals surface area (Å²) in [5.74, 6) is 0.255. The van der Waals surface area contributed by atoms with E-state index in [4.69, 9.17) is 5.73 Å². The number of nitrogens with zero attached hydrogens (tertiary/aromatic N) is 2. The van der Waals surface area contributed by atoms with Gasteiger partial charge < -0.3 is 5.73 Å². The van der Waals surface area contributed by atoms with Gasteiger partial charge in [-0.15, -0.1) is 0 Å². The first-order chi connectivity index (χ1) is 10.2. The van der Waals surface area contributed by atoms with Crippen LogP contribution in [0.15, 0.2) is 27.9 Å². The van der Waals surface area contributed by atoms with Crippen LogP contribution >= 0.6 is 0 Å². The van der Waals surface area contributed by atoms with Gasteiger partial charge in [0, 0.05) is 18.2 Å². The Balaban J connectivity index is 2.32. The van der Waals surface area contributed by atoms with Gasteiger partial charge in [0.05, 0.1) is 15.8 Å². The van der Waals surface area contributed by atoms with E-state index in [9.17, 15) is 17.6 Å². The van der Waals surface area contributed by atoms with E-state index in [0.717, 1.165) is 23.7 Å². The van der Waals surface area contributed by atoms with Crippen LogP contribution < -0.4 is 11.3 Å². The monoisotopic (exact) mass is 325 g/mol. The number of alkyl halides is 1. The van der Waals surface area contributed by atoms with Crippen molar-refractivity contribution in [1.29, 1.82) is 0 Å². The van der Waals surface area contributed by atoms with Gasteiger partial charge in [-0.3, -0.25) is 9.36 Å². The molecule has 0 atom stereocenters. The number of benzene rings is 1. The molecule has 0 bridgehead atoms. The van der Waals surface area contributed by atoms with E-state index in [1.54, 1.807) is 6.07 Å². The molecule has 1 aromatic carbocycles. The van der Waals surface area contributed by atoms with Gasteiger partial charge in [-0.05, 0) is 25.0 Å². The van der Waals surface area contributed by atoms with Crippen LogP contribution in [0.3, 0.4) is 0 Å². The molecule has 8 heteroatoms. The summed E-state index contributed by atoms with van der Waals surface area (Å²) in [5.41, 5.74) is 5.15. The molecule has 0 aliphatic heterocycles. The van der Waals surface area contributed by atoms with E-state index >= 15 is 0 Å². The molecule has 1 saturated carbocycles. The molecule has 0 unspecified atom stereocenters. The molecule has 1 heterocycles. The van der Waals surface area contributed by atoms with Crippen LogP contribution in [0.2, 0.25) is 0 Å². The third-order valence-corrected chi connectivity index (χ3v) is 5.08. The van der Waals surface area contributed by atoms with Gasteiger partial charge in [0.15, 0.2) is 16.6 Å². The highest BCUT2D eigenvalue weighted by Gasteiger charge is 2.39. The van der Waals surface area contributed by atoms with E-state index in [1.165, 1.54) is 12.1 Å². The first kappa shape index (κ1) is 15.1. The van der Waals surface area contributed by atoms with Crippen LogP contribution in [0.1, 0.15) is 18.7 Å². The molecule has 1 aliphatic carbocycles. The van der Waals surface area contributed by atoms with Crippen molar-refractivity contribution < 1.29 is 12.8 Å². The van der Waals surface area contributed by atoms with E-state index in [1.807, 2.05) is 0 Å². The Morgan fingerprint density at radius 2 is 2.09 bits per heavy atom. The lowest BCUT2D eigenvalue weighted by Crippen LogP contribution is -2.32. The molecule has 6 nitrogen and oxygen atoms in total. The highest BCUT2D eigenvalue weighted by Crippen LogP contribution is 2.35. The molecule has 2 aromatic rings. The van der Waals surface area contributed by atoms with Crippen molar-refractivity contribution in [2.45, 2.75) is 36.5 Å². The standard InChI is InChI=1S/C14H16FN3O3S/c1-22(20,21)10-4-2-3-9-12(10)13(19)18(8-15)11(17-9)7-14(16)5-6-14/h2-4H,5-8,16H2,1H3. The fourth-order valence-electron chi connectivity index (χ4n) is 2.50. The molecule has 22 heavy (non-hydrogen) atoms. The van der Waals surface area contributed by atoms with Gasteiger partial charge >= 0.3 is 0 Å². The number of aromatic nitrogens is 2. The summed E-state index contributed by atoms with van der Waals surface area (Å²) in [4.78, 5) is 16.7. The maximum Gasteiger partial charge on any atom is 0.264 e. The molecule has 0 amide bonds. The van der Waals surface area contributed by atoms with Gasteiger partial charge in [-0.25, -0.2) is 17.8 Å². The molecule has 1 fully saturated rings. The number of fused-ring (bicyclic) bond motifs is 1.